The van der Waals surface area contributed by atoms with Crippen LogP contribution in [-0.2, 0) is 11.4 Å². The Labute approximate surface area is 108 Å². The maximum Gasteiger partial charge on any atom is 0.0996 e. The van der Waals surface area contributed by atoms with Gasteiger partial charge < -0.3 is 0 Å². The zero-order chi connectivity index (χ0) is 12.8. The Morgan fingerprint density at radius 2 is 2.17 bits per heavy atom. The molecule has 4 nitrogen and oxygen atoms in total. The molecule has 4 heteroatoms. The normalized spacial score (nSPS) is 18.8. The van der Waals surface area contributed by atoms with E-state index in [-0.39, 0.29) is 0 Å². The van der Waals surface area contributed by atoms with Gasteiger partial charge in [0.05, 0.1) is 13.3 Å². The third kappa shape index (κ3) is 3.68. The molecule has 1 heterocycles. The summed E-state index contributed by atoms with van der Waals surface area (Å²) in [7, 11) is 2.05. The van der Waals surface area contributed by atoms with Crippen LogP contribution in [0.1, 0.15) is 12.5 Å². The monoisotopic (exact) mass is 245 g/mol. The Hall–Kier alpha value is -1.65. The lowest BCUT2D eigenvalue weighted by Crippen LogP contribution is -2.28. The van der Waals surface area contributed by atoms with E-state index in [1.54, 1.807) is 0 Å². The number of benzene rings is 1. The maximum absolute atomic E-state index is 5.48. The van der Waals surface area contributed by atoms with E-state index in [0.29, 0.717) is 6.61 Å². The van der Waals surface area contributed by atoms with E-state index in [0.717, 1.165) is 30.0 Å². The number of likely N-dealkylation sites (N-methyl/N-ethyl adjacent to an activating group) is 1. The van der Waals surface area contributed by atoms with Gasteiger partial charge in [0.2, 0.25) is 0 Å². The standard InChI is InChI=1S/C14H19N3O/c1-12(14-8-15-11-17(2)9-14)16-18-10-13-6-4-3-5-7-13/h3-8,16H,9-11H2,1-2H3/b14-12-. The number of nitrogens with one attached hydrogen (secondary N) is 1. The van der Waals surface area contributed by atoms with Crippen molar-refractivity contribution in [3.8, 4) is 0 Å². The fraction of sp³-hybridized carbons (Fsp3) is 0.357. The van der Waals surface area contributed by atoms with Gasteiger partial charge >= 0.3 is 0 Å². The van der Waals surface area contributed by atoms with Crippen molar-refractivity contribution in [2.24, 2.45) is 4.99 Å². The van der Waals surface area contributed by atoms with Gasteiger partial charge in [0.15, 0.2) is 0 Å². The van der Waals surface area contributed by atoms with E-state index in [1.807, 2.05) is 43.5 Å². The van der Waals surface area contributed by atoms with Crippen LogP contribution in [0, 0.1) is 0 Å². The van der Waals surface area contributed by atoms with Crippen molar-refractivity contribution in [1.82, 2.24) is 10.4 Å². The van der Waals surface area contributed by atoms with Crippen molar-refractivity contribution in [2.75, 3.05) is 20.3 Å². The lowest BCUT2D eigenvalue weighted by atomic mass is 10.2. The molecule has 96 valence electrons. The quantitative estimate of drug-likeness (QED) is 0.824. The largest absolute Gasteiger partial charge is 0.283 e. The number of allylic oxidation sites excluding steroid dienone is 1. The predicted octanol–water partition coefficient (Wildman–Crippen LogP) is 1.96. The number of hydroxylamine groups is 1. The number of nitrogens with zero attached hydrogens (tertiary/aromatic N) is 2. The fourth-order valence-electron chi connectivity index (χ4n) is 1.75. The Kier molecular flexibility index (Phi) is 4.50. The molecule has 0 radical (unpaired) electrons. The van der Waals surface area contributed by atoms with Gasteiger partial charge in [-0.25, -0.2) is 0 Å². The first-order chi connectivity index (χ1) is 8.75. The first kappa shape index (κ1) is 12.8. The molecule has 0 aromatic heterocycles. The Morgan fingerprint density at radius 1 is 1.39 bits per heavy atom. The molecule has 1 aromatic carbocycles. The molecule has 1 aromatic rings. The molecule has 0 unspecified atom stereocenters. The fourth-order valence-corrected chi connectivity index (χ4v) is 1.75. The zero-order valence-corrected chi connectivity index (χ0v) is 10.9. The molecule has 0 atom stereocenters. The van der Waals surface area contributed by atoms with Crippen LogP contribution in [0.4, 0.5) is 0 Å². The summed E-state index contributed by atoms with van der Waals surface area (Å²) in [5, 5.41) is 0. The lowest BCUT2D eigenvalue weighted by molar-refractivity contribution is 0.0486. The predicted molar refractivity (Wildman–Crippen MR) is 73.1 cm³/mol. The molecule has 1 N–H and O–H groups in total. The molecule has 0 saturated heterocycles. The van der Waals surface area contributed by atoms with Gasteiger partial charge in [-0.1, -0.05) is 30.3 Å². The van der Waals surface area contributed by atoms with E-state index in [1.165, 1.54) is 0 Å². The van der Waals surface area contributed by atoms with E-state index in [2.05, 4.69) is 22.4 Å². The molecule has 18 heavy (non-hydrogen) atoms. The number of hydrogen-bond acceptors (Lipinski definition) is 4. The molecule has 0 bridgehead atoms. The summed E-state index contributed by atoms with van der Waals surface area (Å²) in [4.78, 5) is 11.9. The van der Waals surface area contributed by atoms with Crippen molar-refractivity contribution in [3.63, 3.8) is 0 Å². The second-order valence-electron chi connectivity index (χ2n) is 4.49. The average molecular weight is 245 g/mol. The van der Waals surface area contributed by atoms with Crippen LogP contribution in [0.25, 0.3) is 0 Å². The van der Waals surface area contributed by atoms with Crippen LogP contribution >= 0.6 is 0 Å². The highest BCUT2D eigenvalue weighted by molar-refractivity contribution is 5.80. The van der Waals surface area contributed by atoms with Gasteiger partial charge in [-0.15, -0.1) is 0 Å². The number of aliphatic imine (C=N–C) groups is 1. The molecular weight excluding hydrogens is 226 g/mol. The summed E-state index contributed by atoms with van der Waals surface area (Å²) in [6.45, 7) is 4.22. The van der Waals surface area contributed by atoms with Gasteiger partial charge in [-0.3, -0.25) is 20.2 Å². The van der Waals surface area contributed by atoms with E-state index in [9.17, 15) is 0 Å². The van der Waals surface area contributed by atoms with Crippen molar-refractivity contribution in [1.29, 1.82) is 0 Å². The molecule has 0 spiro atoms. The third-order valence-electron chi connectivity index (χ3n) is 2.80. The molecule has 1 aliphatic heterocycles. The summed E-state index contributed by atoms with van der Waals surface area (Å²) < 4.78 is 0. The highest BCUT2D eigenvalue weighted by Crippen LogP contribution is 2.06. The second kappa shape index (κ2) is 6.33. The summed E-state index contributed by atoms with van der Waals surface area (Å²) in [6.07, 6.45) is 1.91. The van der Waals surface area contributed by atoms with Crippen LogP contribution in [0.15, 0.2) is 46.6 Å². The highest BCUT2D eigenvalue weighted by Gasteiger charge is 2.08. The number of rotatable bonds is 4. The molecule has 0 saturated carbocycles. The third-order valence-corrected chi connectivity index (χ3v) is 2.80. The first-order valence-corrected chi connectivity index (χ1v) is 6.05. The van der Waals surface area contributed by atoms with Crippen LogP contribution < -0.4 is 5.48 Å². The van der Waals surface area contributed by atoms with E-state index in [4.69, 9.17) is 4.84 Å². The second-order valence-corrected chi connectivity index (χ2v) is 4.49. The summed E-state index contributed by atoms with van der Waals surface area (Å²) in [5.41, 5.74) is 6.31. The lowest BCUT2D eigenvalue weighted by Gasteiger charge is -2.21. The molecule has 2 rings (SSSR count). The van der Waals surface area contributed by atoms with Gasteiger partial charge in [0.25, 0.3) is 0 Å². The zero-order valence-electron chi connectivity index (χ0n) is 10.9. The molecule has 1 aliphatic rings. The van der Waals surface area contributed by atoms with Crippen molar-refractivity contribution >= 4 is 6.21 Å². The Morgan fingerprint density at radius 3 is 2.89 bits per heavy atom. The van der Waals surface area contributed by atoms with Gasteiger partial charge in [-0.05, 0) is 19.5 Å². The Balaban J connectivity index is 1.85. The van der Waals surface area contributed by atoms with Gasteiger partial charge in [0.1, 0.15) is 0 Å². The molecule has 0 amide bonds. The minimum Gasteiger partial charge on any atom is -0.283 e. The van der Waals surface area contributed by atoms with Crippen LogP contribution in [-0.4, -0.2) is 31.4 Å². The van der Waals surface area contributed by atoms with Crippen molar-refractivity contribution in [2.45, 2.75) is 13.5 Å². The van der Waals surface area contributed by atoms with Gasteiger partial charge in [-0.2, -0.15) is 0 Å². The highest BCUT2D eigenvalue weighted by atomic mass is 16.6. The van der Waals surface area contributed by atoms with E-state index >= 15 is 0 Å². The SMILES string of the molecule is C/C(NOCc1ccccc1)=C1\C=NCN(C)C1. The molecular formula is C14H19N3O. The minimum absolute atomic E-state index is 0.554. The molecule has 0 fully saturated rings. The van der Waals surface area contributed by atoms with Crippen LogP contribution in [0.5, 0.6) is 0 Å². The van der Waals surface area contributed by atoms with Crippen LogP contribution in [0.3, 0.4) is 0 Å². The first-order valence-electron chi connectivity index (χ1n) is 6.05. The van der Waals surface area contributed by atoms with Crippen molar-refractivity contribution in [3.05, 3.63) is 47.2 Å². The van der Waals surface area contributed by atoms with Crippen molar-refractivity contribution < 1.29 is 4.84 Å². The Bertz CT molecular complexity index is 440. The minimum atomic E-state index is 0.554. The number of hydrogen-bond donors (Lipinski definition) is 1. The molecule has 0 aliphatic carbocycles. The van der Waals surface area contributed by atoms with E-state index < -0.39 is 0 Å². The smallest absolute Gasteiger partial charge is 0.0996 e. The summed E-state index contributed by atoms with van der Waals surface area (Å²) >= 11 is 0. The van der Waals surface area contributed by atoms with Crippen LogP contribution in [0.2, 0.25) is 0 Å². The average Bonchev–Trinajstić information content (AvgIpc) is 2.40. The topological polar surface area (TPSA) is 36.9 Å². The van der Waals surface area contributed by atoms with Gasteiger partial charge in [0, 0.05) is 24.0 Å². The summed E-state index contributed by atoms with van der Waals surface area (Å²) in [6, 6.07) is 10.1. The summed E-state index contributed by atoms with van der Waals surface area (Å²) in [5.74, 6) is 0. The maximum atomic E-state index is 5.48.